The lowest BCUT2D eigenvalue weighted by Gasteiger charge is -2.31. The minimum absolute atomic E-state index is 0.0315. The van der Waals surface area contributed by atoms with E-state index in [4.69, 9.17) is 9.47 Å². The summed E-state index contributed by atoms with van der Waals surface area (Å²) in [5, 5.41) is 2.41. The number of hydrogen-bond donors (Lipinski definition) is 1. The van der Waals surface area contributed by atoms with Crippen molar-refractivity contribution >= 4 is 40.4 Å². The van der Waals surface area contributed by atoms with Gasteiger partial charge in [-0.15, -0.1) is 11.3 Å². The molecular formula is C22H23F3N2O5S. The van der Waals surface area contributed by atoms with E-state index in [9.17, 15) is 27.6 Å². The number of anilines is 2. The summed E-state index contributed by atoms with van der Waals surface area (Å²) >= 11 is 1.33. The van der Waals surface area contributed by atoms with Crippen molar-refractivity contribution in [1.82, 2.24) is 0 Å². The van der Waals surface area contributed by atoms with E-state index in [-0.39, 0.29) is 24.3 Å². The van der Waals surface area contributed by atoms with E-state index in [1.807, 2.05) is 11.8 Å². The second-order valence-corrected chi connectivity index (χ2v) is 8.66. The zero-order chi connectivity index (χ0) is 24.0. The van der Waals surface area contributed by atoms with Gasteiger partial charge in [-0.2, -0.15) is 13.2 Å². The van der Waals surface area contributed by atoms with Crippen LogP contribution in [0.3, 0.4) is 0 Å². The molecule has 178 valence electrons. The lowest BCUT2D eigenvalue weighted by atomic mass is 10.1. The van der Waals surface area contributed by atoms with Gasteiger partial charge in [0.15, 0.2) is 12.4 Å². The van der Waals surface area contributed by atoms with Gasteiger partial charge in [-0.05, 0) is 37.3 Å². The normalized spacial score (nSPS) is 14.1. The Labute approximate surface area is 192 Å². The van der Waals surface area contributed by atoms with Gasteiger partial charge in [-0.1, -0.05) is 0 Å². The molecule has 0 bridgehead atoms. The molecule has 1 aliphatic rings. The number of aryl methyl sites for hydroxylation is 1. The van der Waals surface area contributed by atoms with Crippen LogP contribution < -0.4 is 10.2 Å². The number of nitrogens with zero attached hydrogens (tertiary/aromatic N) is 1. The van der Waals surface area contributed by atoms with Crippen LogP contribution in [-0.2, 0) is 25.2 Å². The van der Waals surface area contributed by atoms with Gasteiger partial charge in [-0.25, -0.2) is 0 Å². The number of carbonyl (C=O) groups is 3. The lowest BCUT2D eigenvalue weighted by Crippen LogP contribution is -2.37. The maximum absolute atomic E-state index is 13.2. The van der Waals surface area contributed by atoms with E-state index in [1.54, 1.807) is 12.1 Å². The molecule has 0 unspecified atom stereocenters. The standard InChI is InChI=1S/C22H23F3N2O5S/c1-14-2-6-19(33-14)18(28)5-7-21(30)32-13-20(29)26-16-12-15(22(23,24)25)3-4-17(16)27-8-10-31-11-9-27/h2-4,6,12H,5,7-11,13H2,1H3,(H,26,29). The average molecular weight is 484 g/mol. The molecule has 11 heteroatoms. The number of ether oxygens (including phenoxy) is 2. The van der Waals surface area contributed by atoms with E-state index < -0.39 is 30.2 Å². The summed E-state index contributed by atoms with van der Waals surface area (Å²) in [6.07, 6.45) is -4.84. The first-order valence-electron chi connectivity index (χ1n) is 10.2. The van der Waals surface area contributed by atoms with Gasteiger partial charge in [0.2, 0.25) is 0 Å². The maximum Gasteiger partial charge on any atom is 0.416 e. The number of nitrogens with one attached hydrogen (secondary N) is 1. The molecule has 0 saturated carbocycles. The molecule has 1 fully saturated rings. The number of morpholine rings is 1. The van der Waals surface area contributed by atoms with E-state index in [1.165, 1.54) is 17.4 Å². The number of hydrogen-bond acceptors (Lipinski definition) is 7. The molecule has 0 spiro atoms. The van der Waals surface area contributed by atoms with Crippen LogP contribution in [0, 0.1) is 6.92 Å². The van der Waals surface area contributed by atoms with Crippen LogP contribution in [0.1, 0.15) is 33.0 Å². The third-order valence-electron chi connectivity index (χ3n) is 4.89. The van der Waals surface area contributed by atoms with Crippen molar-refractivity contribution in [1.29, 1.82) is 0 Å². The fraction of sp³-hybridized carbons (Fsp3) is 0.409. The van der Waals surface area contributed by atoms with Crippen molar-refractivity contribution in [2.45, 2.75) is 25.9 Å². The smallest absolute Gasteiger partial charge is 0.416 e. The van der Waals surface area contributed by atoms with Crippen molar-refractivity contribution in [3.8, 4) is 0 Å². The Kier molecular flexibility index (Phi) is 8.09. The number of carbonyl (C=O) groups excluding carboxylic acids is 3. The largest absolute Gasteiger partial charge is 0.456 e. The molecule has 1 aromatic heterocycles. The number of benzene rings is 1. The van der Waals surface area contributed by atoms with Crippen LogP contribution in [0.15, 0.2) is 30.3 Å². The molecule has 1 N–H and O–H groups in total. The number of amides is 1. The van der Waals surface area contributed by atoms with E-state index in [2.05, 4.69) is 5.32 Å². The summed E-state index contributed by atoms with van der Waals surface area (Å²) in [5.41, 5.74) is -0.520. The average Bonchev–Trinajstić information content (AvgIpc) is 3.22. The number of Topliss-reactive ketones (excluding diaryl/α,β-unsaturated/α-hetero) is 1. The number of alkyl halides is 3. The quantitative estimate of drug-likeness (QED) is 0.450. The number of rotatable bonds is 8. The Bertz CT molecular complexity index is 1020. The molecule has 0 radical (unpaired) electrons. The predicted octanol–water partition coefficient (Wildman–Crippen LogP) is 4.06. The van der Waals surface area contributed by atoms with Crippen molar-refractivity contribution in [2.24, 2.45) is 0 Å². The van der Waals surface area contributed by atoms with Crippen molar-refractivity contribution < 1.29 is 37.0 Å². The molecule has 2 heterocycles. The molecule has 0 aliphatic carbocycles. The number of thiophene rings is 1. The summed E-state index contributed by atoms with van der Waals surface area (Å²) in [6, 6.07) is 6.59. The minimum atomic E-state index is -4.58. The Morgan fingerprint density at radius 2 is 1.85 bits per heavy atom. The highest BCUT2D eigenvalue weighted by molar-refractivity contribution is 7.14. The topological polar surface area (TPSA) is 84.9 Å². The van der Waals surface area contributed by atoms with Crippen LogP contribution in [-0.4, -0.2) is 50.6 Å². The zero-order valence-corrected chi connectivity index (χ0v) is 18.7. The first-order chi connectivity index (χ1) is 15.6. The van der Waals surface area contributed by atoms with Gasteiger partial charge in [0, 0.05) is 24.4 Å². The number of ketones is 1. The van der Waals surface area contributed by atoms with Gasteiger partial charge in [0.25, 0.3) is 5.91 Å². The maximum atomic E-state index is 13.2. The molecular weight excluding hydrogens is 461 g/mol. The molecule has 1 aromatic carbocycles. The van der Waals surface area contributed by atoms with Crippen LogP contribution in [0.25, 0.3) is 0 Å². The predicted molar refractivity (Wildman–Crippen MR) is 117 cm³/mol. The molecule has 7 nitrogen and oxygen atoms in total. The van der Waals surface area contributed by atoms with Crippen molar-refractivity contribution in [2.75, 3.05) is 43.1 Å². The Morgan fingerprint density at radius 1 is 1.12 bits per heavy atom. The zero-order valence-electron chi connectivity index (χ0n) is 17.9. The molecule has 2 aromatic rings. The summed E-state index contributed by atoms with van der Waals surface area (Å²) in [5.74, 6) is -1.73. The van der Waals surface area contributed by atoms with Gasteiger partial charge in [-0.3, -0.25) is 14.4 Å². The van der Waals surface area contributed by atoms with Gasteiger partial charge in [0.1, 0.15) is 0 Å². The number of esters is 1. The van der Waals surface area contributed by atoms with E-state index >= 15 is 0 Å². The highest BCUT2D eigenvalue weighted by atomic mass is 32.1. The van der Waals surface area contributed by atoms with E-state index in [0.29, 0.717) is 36.9 Å². The summed E-state index contributed by atoms with van der Waals surface area (Å²) in [4.78, 5) is 39.6. The highest BCUT2D eigenvalue weighted by Gasteiger charge is 2.32. The lowest BCUT2D eigenvalue weighted by molar-refractivity contribution is -0.147. The molecule has 1 amide bonds. The number of halogens is 3. The first-order valence-corrected chi connectivity index (χ1v) is 11.0. The highest BCUT2D eigenvalue weighted by Crippen LogP contribution is 2.35. The van der Waals surface area contributed by atoms with Crippen molar-refractivity contribution in [3.05, 3.63) is 45.6 Å². The second kappa shape index (κ2) is 10.8. The minimum Gasteiger partial charge on any atom is -0.456 e. The van der Waals surface area contributed by atoms with Crippen LogP contribution in [0.4, 0.5) is 24.5 Å². The Morgan fingerprint density at radius 3 is 2.48 bits per heavy atom. The van der Waals surface area contributed by atoms with Crippen molar-refractivity contribution in [3.63, 3.8) is 0 Å². The molecule has 0 atom stereocenters. The SMILES string of the molecule is Cc1ccc(C(=O)CCC(=O)OCC(=O)Nc2cc(C(F)(F)F)ccc2N2CCOCC2)s1. The monoisotopic (exact) mass is 484 g/mol. The van der Waals surface area contributed by atoms with Gasteiger partial charge in [0.05, 0.1) is 41.4 Å². The summed E-state index contributed by atoms with van der Waals surface area (Å²) < 4.78 is 49.7. The van der Waals surface area contributed by atoms with E-state index in [0.717, 1.165) is 17.0 Å². The third-order valence-corrected chi connectivity index (χ3v) is 5.93. The second-order valence-electron chi connectivity index (χ2n) is 7.37. The molecule has 3 rings (SSSR count). The molecule has 1 aliphatic heterocycles. The van der Waals surface area contributed by atoms with Crippen LogP contribution >= 0.6 is 11.3 Å². The van der Waals surface area contributed by atoms with Gasteiger partial charge < -0.3 is 19.7 Å². The first kappa shape index (κ1) is 24.7. The van der Waals surface area contributed by atoms with Crippen LogP contribution in [0.5, 0.6) is 0 Å². The third kappa shape index (κ3) is 7.03. The molecule has 1 saturated heterocycles. The summed E-state index contributed by atoms with van der Waals surface area (Å²) in [7, 11) is 0. The Balaban J connectivity index is 1.58. The Hall–Kier alpha value is -2.92. The molecule has 33 heavy (non-hydrogen) atoms. The fourth-order valence-electron chi connectivity index (χ4n) is 3.22. The fourth-order valence-corrected chi connectivity index (χ4v) is 4.06. The summed E-state index contributed by atoms with van der Waals surface area (Å²) in [6.45, 7) is 2.93. The van der Waals surface area contributed by atoms with Crippen LogP contribution in [0.2, 0.25) is 0 Å². The van der Waals surface area contributed by atoms with Gasteiger partial charge >= 0.3 is 12.1 Å².